The van der Waals surface area contributed by atoms with Crippen LogP contribution in [0.15, 0.2) is 176 Å². The van der Waals surface area contributed by atoms with Crippen LogP contribution in [0.3, 0.4) is 0 Å². The van der Waals surface area contributed by atoms with Crippen molar-refractivity contribution in [1.82, 2.24) is 4.57 Å². The molecular formula is C44H29N3Si. The van der Waals surface area contributed by atoms with E-state index >= 15 is 0 Å². The van der Waals surface area contributed by atoms with Gasteiger partial charge in [0.05, 0.1) is 34.9 Å². The van der Waals surface area contributed by atoms with Crippen molar-refractivity contribution in [2.75, 3.05) is 0 Å². The van der Waals surface area contributed by atoms with Crippen molar-refractivity contribution in [1.29, 1.82) is 5.26 Å². The molecule has 0 amide bonds. The minimum atomic E-state index is -3.00. The average molecular weight is 628 g/mol. The molecule has 1 aromatic heterocycles. The van der Waals surface area contributed by atoms with E-state index in [1.165, 1.54) is 26.3 Å². The van der Waals surface area contributed by atoms with Crippen LogP contribution in [0.25, 0.3) is 43.5 Å². The molecule has 0 spiro atoms. The van der Waals surface area contributed by atoms with Gasteiger partial charge < -0.3 is 4.57 Å². The zero-order valence-corrected chi connectivity index (χ0v) is 27.1. The lowest BCUT2D eigenvalue weighted by molar-refractivity contribution is 1.18. The molecule has 4 heteroatoms. The van der Waals surface area contributed by atoms with Crippen LogP contribution in [-0.4, -0.2) is 12.6 Å². The van der Waals surface area contributed by atoms with Gasteiger partial charge in [-0.3, -0.25) is 0 Å². The summed E-state index contributed by atoms with van der Waals surface area (Å²) in [6, 6.07) is 63.9. The Morgan fingerprint density at radius 2 is 1.02 bits per heavy atom. The number of aromatic nitrogens is 1. The third kappa shape index (κ3) is 4.55. The van der Waals surface area contributed by atoms with Crippen molar-refractivity contribution in [2.24, 2.45) is 0 Å². The Bertz CT molecular complexity index is 2370. The van der Waals surface area contributed by atoms with E-state index in [0.717, 1.165) is 33.0 Å². The number of nitrogens with zero attached hydrogens (tertiary/aromatic N) is 3. The molecular weight excluding hydrogens is 599 g/mol. The zero-order valence-electron chi connectivity index (χ0n) is 26.1. The van der Waals surface area contributed by atoms with Gasteiger partial charge in [-0.15, -0.1) is 0 Å². The molecule has 0 aliphatic carbocycles. The van der Waals surface area contributed by atoms with Gasteiger partial charge in [0.1, 0.15) is 0 Å². The molecule has 0 N–H and O–H groups in total. The van der Waals surface area contributed by atoms with Gasteiger partial charge in [0, 0.05) is 10.8 Å². The highest BCUT2D eigenvalue weighted by atomic mass is 28.3. The van der Waals surface area contributed by atoms with E-state index < -0.39 is 8.07 Å². The van der Waals surface area contributed by atoms with E-state index in [1.807, 2.05) is 24.3 Å². The summed E-state index contributed by atoms with van der Waals surface area (Å²) in [7, 11) is -3.00. The molecule has 1 heterocycles. The van der Waals surface area contributed by atoms with Crippen LogP contribution < -0.4 is 20.7 Å². The van der Waals surface area contributed by atoms with E-state index in [0.29, 0.717) is 11.3 Å². The van der Waals surface area contributed by atoms with E-state index in [1.54, 1.807) is 0 Å². The maximum Gasteiger partial charge on any atom is 0.188 e. The molecule has 224 valence electrons. The first-order chi connectivity index (χ1) is 23.7. The Labute approximate surface area is 281 Å². The molecule has 0 fully saturated rings. The van der Waals surface area contributed by atoms with E-state index in [9.17, 15) is 5.26 Å². The molecule has 0 aliphatic rings. The Hall–Kier alpha value is -6.46. The van der Waals surface area contributed by atoms with Crippen LogP contribution in [0.5, 0.6) is 0 Å². The number of benzene rings is 7. The van der Waals surface area contributed by atoms with Crippen LogP contribution >= 0.6 is 0 Å². The summed E-state index contributed by atoms with van der Waals surface area (Å²) < 4.78 is 2.31. The summed E-state index contributed by atoms with van der Waals surface area (Å²) in [6.45, 7) is 8.04. The van der Waals surface area contributed by atoms with Gasteiger partial charge in [-0.1, -0.05) is 140 Å². The average Bonchev–Trinajstić information content (AvgIpc) is 3.50. The second-order valence-corrected chi connectivity index (χ2v) is 15.7. The van der Waals surface area contributed by atoms with Gasteiger partial charge in [0.15, 0.2) is 13.8 Å². The Morgan fingerprint density at radius 1 is 0.521 bits per heavy atom. The van der Waals surface area contributed by atoms with Gasteiger partial charge in [0.2, 0.25) is 0 Å². The third-order valence-electron chi connectivity index (χ3n) is 9.39. The molecule has 0 unspecified atom stereocenters. The van der Waals surface area contributed by atoms with Crippen LogP contribution in [0.2, 0.25) is 0 Å². The van der Waals surface area contributed by atoms with Gasteiger partial charge in [-0.25, -0.2) is 4.85 Å². The van der Waals surface area contributed by atoms with Crippen molar-refractivity contribution >= 4 is 56.3 Å². The molecule has 3 nitrogen and oxygen atoms in total. The Morgan fingerprint density at radius 3 is 1.52 bits per heavy atom. The number of rotatable bonds is 6. The molecule has 8 aromatic rings. The molecule has 7 aromatic carbocycles. The van der Waals surface area contributed by atoms with Gasteiger partial charge in [-0.05, 0) is 68.3 Å². The molecule has 8 rings (SSSR count). The standard InChI is InChI=1S/C44H29N3Si/c1-46-33-26-27-43(47-41-23-13-11-21-37(41)38-22-12-14-24-42(38)47)39(30-33)40-29-32(31-45)25-28-44(40)48(34-15-5-2-6-16-34,35-17-7-3-8-18-35)36-19-9-4-10-20-36/h2-30H. The topological polar surface area (TPSA) is 33.1 Å². The quantitative estimate of drug-likeness (QED) is 0.104. The van der Waals surface area contributed by atoms with Gasteiger partial charge >= 0.3 is 0 Å². The highest BCUT2D eigenvalue weighted by Gasteiger charge is 2.43. The summed E-state index contributed by atoms with van der Waals surface area (Å²) in [5, 5.41) is 17.5. The molecule has 0 saturated heterocycles. The molecule has 48 heavy (non-hydrogen) atoms. The highest BCUT2D eigenvalue weighted by Crippen LogP contribution is 2.38. The predicted molar refractivity (Wildman–Crippen MR) is 201 cm³/mol. The van der Waals surface area contributed by atoms with Crippen LogP contribution in [0.4, 0.5) is 5.69 Å². The fraction of sp³-hybridized carbons (Fsp3) is 0. The van der Waals surface area contributed by atoms with Gasteiger partial charge in [-0.2, -0.15) is 5.26 Å². The SMILES string of the molecule is [C-]#[N+]c1ccc(-n2c3ccccc3c3ccccc32)c(-c2cc(C#N)ccc2[Si](c2ccccc2)(c2ccccc2)c2ccccc2)c1. The minimum Gasteiger partial charge on any atom is -0.309 e. The van der Waals surface area contributed by atoms with Crippen LogP contribution in [0.1, 0.15) is 5.56 Å². The second kappa shape index (κ2) is 12.0. The first kappa shape index (κ1) is 29.0. The lowest BCUT2D eigenvalue weighted by Crippen LogP contribution is -2.75. The number of fused-ring (bicyclic) bond motifs is 3. The second-order valence-electron chi connectivity index (χ2n) is 11.9. The summed E-state index contributed by atoms with van der Waals surface area (Å²) >= 11 is 0. The summed E-state index contributed by atoms with van der Waals surface area (Å²) in [6.07, 6.45) is 0. The number of nitriles is 1. The van der Waals surface area contributed by atoms with Crippen molar-refractivity contribution in [2.45, 2.75) is 0 Å². The van der Waals surface area contributed by atoms with Crippen molar-refractivity contribution in [3.63, 3.8) is 0 Å². The first-order valence-electron chi connectivity index (χ1n) is 16.0. The summed E-state index contributed by atoms with van der Waals surface area (Å²) in [5.41, 5.74) is 6.15. The van der Waals surface area contributed by atoms with Crippen LogP contribution in [0, 0.1) is 17.9 Å². The smallest absolute Gasteiger partial charge is 0.188 e. The van der Waals surface area contributed by atoms with E-state index in [4.69, 9.17) is 6.57 Å². The van der Waals surface area contributed by atoms with Crippen molar-refractivity contribution < 1.29 is 0 Å². The summed E-state index contributed by atoms with van der Waals surface area (Å²) in [5.74, 6) is 0. The minimum absolute atomic E-state index is 0.550. The fourth-order valence-electron chi connectivity index (χ4n) is 7.38. The van der Waals surface area contributed by atoms with Crippen molar-refractivity contribution in [3.8, 4) is 22.9 Å². The monoisotopic (exact) mass is 627 g/mol. The molecule has 0 atom stereocenters. The van der Waals surface area contributed by atoms with E-state index in [2.05, 4.69) is 167 Å². The largest absolute Gasteiger partial charge is 0.309 e. The van der Waals surface area contributed by atoms with E-state index in [-0.39, 0.29) is 0 Å². The molecule has 0 radical (unpaired) electrons. The predicted octanol–water partition coefficient (Wildman–Crippen LogP) is 8.25. The zero-order chi connectivity index (χ0) is 32.5. The number of para-hydroxylation sites is 2. The fourth-order valence-corrected chi connectivity index (χ4v) is 12.3. The molecule has 0 saturated carbocycles. The van der Waals surface area contributed by atoms with Crippen molar-refractivity contribution in [3.05, 3.63) is 193 Å². The van der Waals surface area contributed by atoms with Crippen LogP contribution in [-0.2, 0) is 0 Å². The Balaban J connectivity index is 1.55. The molecule has 0 bridgehead atoms. The number of hydrogen-bond donors (Lipinski definition) is 0. The lowest BCUT2D eigenvalue weighted by atomic mass is 10.00. The van der Waals surface area contributed by atoms with Gasteiger partial charge in [0.25, 0.3) is 0 Å². The third-order valence-corrected chi connectivity index (χ3v) is 14.2. The Kier molecular flexibility index (Phi) is 7.27. The number of hydrogen-bond acceptors (Lipinski definition) is 1. The first-order valence-corrected chi connectivity index (χ1v) is 18.0. The summed E-state index contributed by atoms with van der Waals surface area (Å²) in [4.78, 5) is 3.90. The molecule has 0 aliphatic heterocycles. The normalized spacial score (nSPS) is 11.3. The lowest BCUT2D eigenvalue weighted by Gasteiger charge is -2.36. The highest BCUT2D eigenvalue weighted by molar-refractivity contribution is 7.20. The maximum absolute atomic E-state index is 10.3. The maximum atomic E-state index is 10.3.